The number of aliphatic carboxylic acids is 1. The Morgan fingerprint density at radius 3 is 2.84 bits per heavy atom. The topological polar surface area (TPSA) is 202 Å². The van der Waals surface area contributed by atoms with E-state index in [4.69, 9.17) is 5.73 Å². The molecule has 1 fully saturated rings. The van der Waals surface area contributed by atoms with Crippen LogP contribution in [0.2, 0.25) is 0 Å². The van der Waals surface area contributed by atoms with Gasteiger partial charge in [0.1, 0.15) is 22.8 Å². The summed E-state index contributed by atoms with van der Waals surface area (Å²) in [5.41, 5.74) is 5.64. The summed E-state index contributed by atoms with van der Waals surface area (Å²) in [6, 6.07) is -0.980. The fourth-order valence-corrected chi connectivity index (χ4v) is 5.99. The van der Waals surface area contributed by atoms with Crippen molar-refractivity contribution in [1.82, 2.24) is 35.4 Å². The number of nitrogens with zero attached hydrogens (tertiary/aromatic N) is 7. The summed E-state index contributed by atoms with van der Waals surface area (Å²) in [6.45, 7) is 0. The summed E-state index contributed by atoms with van der Waals surface area (Å²) in [5.74, 6) is -2.03. The molecule has 2 aromatic heterocycles. The number of rotatable bonds is 7. The number of nitrogen functional groups attached to an aromatic ring is 1. The number of thioether (sulfide) groups is 2. The van der Waals surface area contributed by atoms with Gasteiger partial charge in [-0.3, -0.25) is 14.5 Å². The maximum absolute atomic E-state index is 12.8. The van der Waals surface area contributed by atoms with E-state index in [0.717, 1.165) is 16.2 Å². The number of carboxylic acids is 1. The molecule has 2 aromatic rings. The summed E-state index contributed by atoms with van der Waals surface area (Å²) < 4.78 is 1.46. The SMILES string of the molecule is Cn1nnnc1SCC1=C(C(=O)O)N2C(=O)C(NC(=O)C(=NO)c3csc(N)n3)[C@H]2SC1. The Kier molecular flexibility index (Phi) is 6.02. The third kappa shape index (κ3) is 3.89. The lowest BCUT2D eigenvalue weighted by Gasteiger charge is -2.49. The van der Waals surface area contributed by atoms with Crippen molar-refractivity contribution < 1.29 is 24.7 Å². The van der Waals surface area contributed by atoms with Gasteiger partial charge in [-0.25, -0.2) is 14.5 Å². The van der Waals surface area contributed by atoms with E-state index in [-0.39, 0.29) is 22.3 Å². The van der Waals surface area contributed by atoms with Crippen LogP contribution in [0.1, 0.15) is 5.69 Å². The Balaban J connectivity index is 1.48. The molecule has 17 heteroatoms. The predicted octanol–water partition coefficient (Wildman–Crippen LogP) is -1.04. The number of nitrogens with one attached hydrogen (secondary N) is 1. The van der Waals surface area contributed by atoms with Crippen LogP contribution < -0.4 is 11.1 Å². The molecule has 5 N–H and O–H groups in total. The fraction of sp³-hybridized carbons (Fsp3) is 0.333. The standard InChI is InChI=1S/C15H15N9O5S3/c1-23-15(19-21-22-23)32-3-5-2-30-12-8(11(26)24(12)9(5)13(27)28)18-10(25)7(20-29)6-4-31-14(16)17-6/h4,8,12,29H,2-3H2,1H3,(H2,16,17)(H,18,25)(H,27,28)/t8?,12-/m1/s1. The van der Waals surface area contributed by atoms with Gasteiger partial charge in [-0.15, -0.1) is 28.2 Å². The van der Waals surface area contributed by atoms with Crippen LogP contribution in [-0.4, -0.2) is 86.8 Å². The molecule has 0 saturated carbocycles. The number of thiazole rings is 1. The first-order chi connectivity index (χ1) is 15.3. The molecule has 2 aliphatic rings. The van der Waals surface area contributed by atoms with Gasteiger partial charge >= 0.3 is 5.97 Å². The number of carboxylic acid groups (broad SMARTS) is 1. The Labute approximate surface area is 191 Å². The minimum absolute atomic E-state index is 0.0659. The Morgan fingerprint density at radius 1 is 1.47 bits per heavy atom. The lowest BCUT2D eigenvalue weighted by Crippen LogP contribution is -2.71. The molecule has 32 heavy (non-hydrogen) atoms. The molecule has 14 nitrogen and oxygen atoms in total. The molecule has 0 spiro atoms. The maximum Gasteiger partial charge on any atom is 0.352 e. The summed E-state index contributed by atoms with van der Waals surface area (Å²) in [7, 11) is 1.66. The second kappa shape index (κ2) is 8.75. The Morgan fingerprint density at radius 2 is 2.25 bits per heavy atom. The summed E-state index contributed by atoms with van der Waals surface area (Å²) in [5, 5.41) is 37.0. The number of fused-ring (bicyclic) bond motifs is 1. The summed E-state index contributed by atoms with van der Waals surface area (Å²) in [4.78, 5) is 42.3. The van der Waals surface area contributed by atoms with Crippen molar-refractivity contribution in [2.45, 2.75) is 16.6 Å². The number of carbonyl (C=O) groups is 3. The number of anilines is 1. The van der Waals surface area contributed by atoms with Gasteiger partial charge in [0, 0.05) is 23.9 Å². The molecular weight excluding hydrogens is 482 g/mol. The molecule has 1 unspecified atom stereocenters. The zero-order valence-electron chi connectivity index (χ0n) is 16.2. The summed E-state index contributed by atoms with van der Waals surface area (Å²) >= 11 is 3.63. The number of hydrogen-bond acceptors (Lipinski definition) is 13. The highest BCUT2D eigenvalue weighted by Gasteiger charge is 2.54. The number of hydrogen-bond donors (Lipinski definition) is 4. The molecule has 2 atom stereocenters. The van der Waals surface area contributed by atoms with E-state index in [9.17, 15) is 24.7 Å². The number of carbonyl (C=O) groups excluding carboxylic acids is 2. The number of nitrogens with two attached hydrogens (primary N) is 1. The van der Waals surface area contributed by atoms with Crippen molar-refractivity contribution in [3.63, 3.8) is 0 Å². The van der Waals surface area contributed by atoms with Gasteiger partial charge in [0.2, 0.25) is 5.16 Å². The molecule has 4 heterocycles. The van der Waals surface area contributed by atoms with Crippen LogP contribution in [0.25, 0.3) is 0 Å². The number of β-lactam (4-membered cyclic amide) rings is 1. The molecule has 0 aliphatic carbocycles. The highest BCUT2D eigenvalue weighted by Crippen LogP contribution is 2.41. The van der Waals surface area contributed by atoms with Crippen molar-refractivity contribution >= 4 is 63.5 Å². The van der Waals surface area contributed by atoms with Crippen LogP contribution in [0, 0.1) is 0 Å². The van der Waals surface area contributed by atoms with Gasteiger partial charge in [-0.05, 0) is 16.0 Å². The van der Waals surface area contributed by atoms with Crippen LogP contribution in [0.5, 0.6) is 0 Å². The first kappa shape index (κ1) is 22.0. The normalized spacial score (nSPS) is 20.7. The largest absolute Gasteiger partial charge is 0.477 e. The maximum atomic E-state index is 12.8. The van der Waals surface area contributed by atoms with Crippen molar-refractivity contribution in [3.05, 3.63) is 22.3 Å². The highest BCUT2D eigenvalue weighted by atomic mass is 32.2. The van der Waals surface area contributed by atoms with E-state index in [1.165, 1.54) is 33.6 Å². The van der Waals surface area contributed by atoms with Gasteiger partial charge in [0.25, 0.3) is 11.8 Å². The second-order valence-corrected chi connectivity index (χ2v) is 9.45. The number of aryl methyl sites for hydroxylation is 1. The van der Waals surface area contributed by atoms with E-state index in [2.05, 4.69) is 31.0 Å². The minimum atomic E-state index is -1.24. The number of aromatic nitrogens is 5. The van der Waals surface area contributed by atoms with E-state index >= 15 is 0 Å². The minimum Gasteiger partial charge on any atom is -0.477 e. The monoisotopic (exact) mass is 497 g/mol. The van der Waals surface area contributed by atoms with Crippen molar-refractivity contribution in [2.75, 3.05) is 17.2 Å². The first-order valence-corrected chi connectivity index (χ1v) is 11.7. The van der Waals surface area contributed by atoms with Gasteiger partial charge in [-0.1, -0.05) is 16.9 Å². The van der Waals surface area contributed by atoms with E-state index in [1.54, 1.807) is 7.05 Å². The molecule has 0 aromatic carbocycles. The molecule has 0 radical (unpaired) electrons. The van der Waals surface area contributed by atoms with Gasteiger partial charge in [0.15, 0.2) is 10.8 Å². The molecule has 4 rings (SSSR count). The van der Waals surface area contributed by atoms with Crippen LogP contribution in [0.15, 0.2) is 27.0 Å². The zero-order valence-corrected chi connectivity index (χ0v) is 18.6. The van der Waals surface area contributed by atoms with Gasteiger partial charge in [0.05, 0.1) is 0 Å². The lowest BCUT2D eigenvalue weighted by atomic mass is 10.0. The number of oxime groups is 1. The lowest BCUT2D eigenvalue weighted by molar-refractivity contribution is -0.150. The third-order valence-corrected chi connectivity index (χ3v) is 7.68. The van der Waals surface area contributed by atoms with Crippen molar-refractivity contribution in [1.29, 1.82) is 0 Å². The number of tetrazole rings is 1. The molecular formula is C15H15N9O5S3. The van der Waals surface area contributed by atoms with Gasteiger partial charge in [-0.2, -0.15) is 0 Å². The van der Waals surface area contributed by atoms with Crippen LogP contribution >= 0.6 is 34.9 Å². The van der Waals surface area contributed by atoms with Crippen molar-refractivity contribution in [3.8, 4) is 0 Å². The molecule has 168 valence electrons. The molecule has 0 bridgehead atoms. The highest BCUT2D eigenvalue weighted by molar-refractivity contribution is 8.01. The predicted molar refractivity (Wildman–Crippen MR) is 114 cm³/mol. The van der Waals surface area contributed by atoms with E-state index in [1.807, 2.05) is 0 Å². The van der Waals surface area contributed by atoms with Crippen LogP contribution in [0.3, 0.4) is 0 Å². The van der Waals surface area contributed by atoms with E-state index in [0.29, 0.717) is 16.5 Å². The van der Waals surface area contributed by atoms with Gasteiger partial charge < -0.3 is 21.4 Å². The van der Waals surface area contributed by atoms with Crippen molar-refractivity contribution in [2.24, 2.45) is 12.2 Å². The smallest absolute Gasteiger partial charge is 0.352 e. The van der Waals surface area contributed by atoms with Crippen LogP contribution in [-0.2, 0) is 21.4 Å². The number of amides is 2. The average Bonchev–Trinajstić information content (AvgIpc) is 3.37. The molecule has 1 saturated heterocycles. The molecule has 2 aliphatic heterocycles. The van der Waals surface area contributed by atoms with Crippen LogP contribution in [0.4, 0.5) is 5.13 Å². The quantitative estimate of drug-likeness (QED) is 0.119. The van der Waals surface area contributed by atoms with E-state index < -0.39 is 34.9 Å². The second-order valence-electron chi connectivity index (χ2n) is 6.51. The molecule has 2 amide bonds. The average molecular weight is 498 g/mol. The summed E-state index contributed by atoms with van der Waals surface area (Å²) in [6.07, 6.45) is 0. The first-order valence-electron chi connectivity index (χ1n) is 8.81. The fourth-order valence-electron chi connectivity index (χ4n) is 3.11. The zero-order chi connectivity index (χ0) is 23.0. The Bertz CT molecular complexity index is 1160. The third-order valence-electron chi connectivity index (χ3n) is 4.57. The Hall–Kier alpha value is -3.18.